The minimum Gasteiger partial charge on any atom is -0.467 e. The summed E-state index contributed by atoms with van der Waals surface area (Å²) in [4.78, 5) is 33.2. The van der Waals surface area contributed by atoms with E-state index in [1.807, 2.05) is 0 Å². The second-order valence-electron chi connectivity index (χ2n) is 4.20. The van der Waals surface area contributed by atoms with Crippen LogP contribution in [0.3, 0.4) is 0 Å². The number of nitro benzene ring substituents is 1. The van der Waals surface area contributed by atoms with Gasteiger partial charge in [0.15, 0.2) is 0 Å². The smallest absolute Gasteiger partial charge is 0.328 e. The van der Waals surface area contributed by atoms with Crippen LogP contribution >= 0.6 is 0 Å². The fourth-order valence-corrected chi connectivity index (χ4v) is 1.69. The molecule has 0 aromatic heterocycles. The molecule has 0 unspecified atom stereocenters. The van der Waals surface area contributed by atoms with E-state index in [0.29, 0.717) is 5.56 Å². The van der Waals surface area contributed by atoms with Gasteiger partial charge in [-0.2, -0.15) is 0 Å². The summed E-state index contributed by atoms with van der Waals surface area (Å²) in [7, 11) is 2.58. The van der Waals surface area contributed by atoms with E-state index in [1.54, 1.807) is 0 Å². The van der Waals surface area contributed by atoms with Crippen molar-refractivity contribution >= 4 is 17.6 Å². The Balaban J connectivity index is 2.78. The number of amides is 1. The van der Waals surface area contributed by atoms with Crippen molar-refractivity contribution in [1.82, 2.24) is 5.32 Å². The van der Waals surface area contributed by atoms with Crippen molar-refractivity contribution in [2.75, 3.05) is 20.8 Å². The molecule has 1 N–H and O–H groups in total. The average Bonchev–Trinajstić information content (AvgIpc) is 2.46. The summed E-state index contributed by atoms with van der Waals surface area (Å²) in [6.07, 6.45) is 0.167. The van der Waals surface area contributed by atoms with Gasteiger partial charge in [0.05, 0.1) is 12.0 Å². The van der Waals surface area contributed by atoms with Crippen molar-refractivity contribution in [3.05, 3.63) is 39.9 Å². The standard InChI is InChI=1S/C13H16N2O6/c1-20-8-12(16)14-11(13(17)21-2)7-9-3-5-10(6-4-9)15(18)19/h3-6,11H,7-8H2,1-2H3,(H,14,16)/t11-/m1/s1. The predicted octanol–water partition coefficient (Wildman–Crippen LogP) is 0.441. The maximum absolute atomic E-state index is 11.6. The first-order valence-electron chi connectivity index (χ1n) is 6.07. The molecule has 0 fully saturated rings. The molecular formula is C13H16N2O6. The average molecular weight is 296 g/mol. The number of esters is 1. The fourth-order valence-electron chi connectivity index (χ4n) is 1.69. The van der Waals surface area contributed by atoms with Gasteiger partial charge in [0.2, 0.25) is 5.91 Å². The third-order valence-electron chi connectivity index (χ3n) is 2.68. The van der Waals surface area contributed by atoms with E-state index < -0.39 is 22.8 Å². The summed E-state index contributed by atoms with van der Waals surface area (Å²) in [5.41, 5.74) is 0.616. The number of hydrogen-bond acceptors (Lipinski definition) is 6. The molecule has 1 amide bonds. The van der Waals surface area contributed by atoms with Gasteiger partial charge >= 0.3 is 5.97 Å². The van der Waals surface area contributed by atoms with Crippen LogP contribution in [0, 0.1) is 10.1 Å². The SMILES string of the molecule is COCC(=O)N[C@H](Cc1ccc([N+](=O)[O-])cc1)C(=O)OC. The van der Waals surface area contributed by atoms with Crippen molar-refractivity contribution in [1.29, 1.82) is 0 Å². The molecule has 0 heterocycles. The molecule has 8 heteroatoms. The summed E-state index contributed by atoms with van der Waals surface area (Å²) < 4.78 is 9.29. The predicted molar refractivity (Wildman–Crippen MR) is 72.6 cm³/mol. The maximum Gasteiger partial charge on any atom is 0.328 e. The van der Waals surface area contributed by atoms with E-state index in [0.717, 1.165) is 0 Å². The molecule has 0 spiro atoms. The van der Waals surface area contributed by atoms with Gasteiger partial charge in [0, 0.05) is 25.7 Å². The number of benzene rings is 1. The number of nitrogens with zero attached hydrogens (tertiary/aromatic N) is 1. The van der Waals surface area contributed by atoms with Crippen molar-refractivity contribution in [3.8, 4) is 0 Å². The molecule has 1 aromatic rings. The van der Waals surface area contributed by atoms with Crippen LogP contribution in [-0.2, 0) is 25.5 Å². The Morgan fingerprint density at radius 1 is 1.29 bits per heavy atom. The lowest BCUT2D eigenvalue weighted by atomic mass is 10.1. The molecule has 1 atom stereocenters. The van der Waals surface area contributed by atoms with Crippen LogP contribution in [0.25, 0.3) is 0 Å². The Hall–Kier alpha value is -2.48. The van der Waals surface area contributed by atoms with Crippen LogP contribution < -0.4 is 5.32 Å². The zero-order valence-corrected chi connectivity index (χ0v) is 11.7. The quantitative estimate of drug-likeness (QED) is 0.444. The van der Waals surface area contributed by atoms with Crippen LogP contribution in [-0.4, -0.2) is 43.7 Å². The number of hydrogen-bond donors (Lipinski definition) is 1. The molecule has 1 aromatic carbocycles. The number of nitro groups is 1. The highest BCUT2D eigenvalue weighted by Gasteiger charge is 2.22. The van der Waals surface area contributed by atoms with E-state index >= 15 is 0 Å². The van der Waals surface area contributed by atoms with Crippen molar-refractivity contribution in [2.24, 2.45) is 0 Å². The Morgan fingerprint density at radius 2 is 1.90 bits per heavy atom. The Bertz CT molecular complexity index is 514. The number of non-ortho nitro benzene ring substituents is 1. The summed E-state index contributed by atoms with van der Waals surface area (Å²) in [5, 5.41) is 13.0. The highest BCUT2D eigenvalue weighted by Crippen LogP contribution is 2.13. The van der Waals surface area contributed by atoms with E-state index in [1.165, 1.54) is 38.5 Å². The first-order valence-corrected chi connectivity index (χ1v) is 6.07. The molecule has 0 aliphatic heterocycles. The Labute approximate surface area is 121 Å². The van der Waals surface area contributed by atoms with Crippen LogP contribution in [0.1, 0.15) is 5.56 Å². The largest absolute Gasteiger partial charge is 0.467 e. The van der Waals surface area contributed by atoms with E-state index in [9.17, 15) is 19.7 Å². The third-order valence-corrected chi connectivity index (χ3v) is 2.68. The first kappa shape index (κ1) is 16.6. The molecule has 0 saturated carbocycles. The highest BCUT2D eigenvalue weighted by molar-refractivity contribution is 5.85. The monoisotopic (exact) mass is 296 g/mol. The molecule has 0 radical (unpaired) electrons. The highest BCUT2D eigenvalue weighted by atomic mass is 16.6. The van der Waals surface area contributed by atoms with Crippen LogP contribution in [0.2, 0.25) is 0 Å². The van der Waals surface area contributed by atoms with Crippen LogP contribution in [0.5, 0.6) is 0 Å². The van der Waals surface area contributed by atoms with Gasteiger partial charge in [-0.05, 0) is 5.56 Å². The summed E-state index contributed by atoms with van der Waals surface area (Å²) in [5.74, 6) is -1.05. The molecule has 0 aliphatic rings. The molecule has 0 aliphatic carbocycles. The first-order chi connectivity index (χ1) is 9.97. The van der Waals surface area contributed by atoms with E-state index in [-0.39, 0.29) is 18.7 Å². The topological polar surface area (TPSA) is 108 Å². The number of ether oxygens (including phenoxy) is 2. The number of nitrogens with one attached hydrogen (secondary N) is 1. The maximum atomic E-state index is 11.6. The van der Waals surface area contributed by atoms with Gasteiger partial charge < -0.3 is 14.8 Å². The third kappa shape index (κ3) is 5.19. The zero-order chi connectivity index (χ0) is 15.8. The Kier molecular flexibility index (Phi) is 6.28. The minimum atomic E-state index is -0.876. The molecule has 1 rings (SSSR count). The van der Waals surface area contributed by atoms with Gasteiger partial charge in [-0.25, -0.2) is 4.79 Å². The van der Waals surface area contributed by atoms with E-state index in [4.69, 9.17) is 0 Å². The number of rotatable bonds is 7. The number of methoxy groups -OCH3 is 2. The lowest BCUT2D eigenvalue weighted by molar-refractivity contribution is -0.384. The fraction of sp³-hybridized carbons (Fsp3) is 0.385. The van der Waals surface area contributed by atoms with E-state index in [2.05, 4.69) is 14.8 Å². The lowest BCUT2D eigenvalue weighted by Gasteiger charge is -2.16. The minimum absolute atomic E-state index is 0.0446. The summed E-state index contributed by atoms with van der Waals surface area (Å²) in [6.45, 7) is -0.173. The zero-order valence-electron chi connectivity index (χ0n) is 11.7. The lowest BCUT2D eigenvalue weighted by Crippen LogP contribution is -2.44. The van der Waals surface area contributed by atoms with Gasteiger partial charge in [0.1, 0.15) is 12.6 Å². The molecule has 8 nitrogen and oxygen atoms in total. The van der Waals surface area contributed by atoms with Crippen LogP contribution in [0.15, 0.2) is 24.3 Å². The summed E-state index contributed by atoms with van der Waals surface area (Å²) >= 11 is 0. The Morgan fingerprint density at radius 3 is 2.38 bits per heavy atom. The molecule has 0 saturated heterocycles. The summed E-state index contributed by atoms with van der Waals surface area (Å²) in [6, 6.07) is 4.84. The van der Waals surface area contributed by atoms with Gasteiger partial charge in [-0.3, -0.25) is 14.9 Å². The van der Waals surface area contributed by atoms with Gasteiger partial charge in [0.25, 0.3) is 5.69 Å². The molecule has 21 heavy (non-hydrogen) atoms. The van der Waals surface area contributed by atoms with Crippen molar-refractivity contribution < 1.29 is 24.0 Å². The van der Waals surface area contributed by atoms with Crippen molar-refractivity contribution in [3.63, 3.8) is 0 Å². The molecule has 114 valence electrons. The second-order valence-corrected chi connectivity index (χ2v) is 4.20. The second kappa shape index (κ2) is 7.95. The van der Waals surface area contributed by atoms with Gasteiger partial charge in [-0.15, -0.1) is 0 Å². The number of carbonyl (C=O) groups is 2. The molecule has 0 bridgehead atoms. The van der Waals surface area contributed by atoms with Gasteiger partial charge in [-0.1, -0.05) is 12.1 Å². The van der Waals surface area contributed by atoms with Crippen molar-refractivity contribution in [2.45, 2.75) is 12.5 Å². The molecular weight excluding hydrogens is 280 g/mol. The van der Waals surface area contributed by atoms with Crippen LogP contribution in [0.4, 0.5) is 5.69 Å². The number of carbonyl (C=O) groups excluding carboxylic acids is 2. The normalized spacial score (nSPS) is 11.5.